The van der Waals surface area contributed by atoms with E-state index in [4.69, 9.17) is 11.6 Å². The Labute approximate surface area is 144 Å². The van der Waals surface area contributed by atoms with Crippen molar-refractivity contribution in [3.63, 3.8) is 0 Å². The minimum Gasteiger partial charge on any atom is -0.322 e. The van der Waals surface area contributed by atoms with Gasteiger partial charge in [-0.1, -0.05) is 23.7 Å². The molecule has 0 fully saturated rings. The van der Waals surface area contributed by atoms with Gasteiger partial charge in [-0.3, -0.25) is 9.69 Å². The van der Waals surface area contributed by atoms with Gasteiger partial charge in [0.25, 0.3) is 0 Å². The van der Waals surface area contributed by atoms with Crippen LogP contribution in [0.2, 0.25) is 4.34 Å². The first kappa shape index (κ1) is 17.7. The molecule has 6 heteroatoms. The average molecular weight is 353 g/mol. The van der Waals surface area contributed by atoms with Crippen LogP contribution >= 0.6 is 22.9 Å². The number of nitrogens with one attached hydrogen (secondary N) is 1. The monoisotopic (exact) mass is 352 g/mol. The fraction of sp³-hybridized carbons (Fsp3) is 0.235. The minimum absolute atomic E-state index is 0.148. The summed E-state index contributed by atoms with van der Waals surface area (Å²) in [5, 5.41) is 2.60. The van der Waals surface area contributed by atoms with Gasteiger partial charge in [0.1, 0.15) is 5.82 Å². The van der Waals surface area contributed by atoms with Gasteiger partial charge in [-0.25, -0.2) is 4.39 Å². The van der Waals surface area contributed by atoms with Crippen molar-refractivity contribution in [2.24, 2.45) is 0 Å². The molecule has 0 bridgehead atoms. The molecule has 3 nitrogen and oxygen atoms in total. The molecule has 1 N–H and O–H groups in total. The Kier molecular flexibility index (Phi) is 6.33. The Balaban J connectivity index is 1.98. The molecular weight excluding hydrogens is 335 g/mol. The van der Waals surface area contributed by atoms with Gasteiger partial charge in [-0.15, -0.1) is 17.9 Å². The predicted molar refractivity (Wildman–Crippen MR) is 94.6 cm³/mol. The number of carbonyl (C=O) groups excluding carboxylic acids is 1. The van der Waals surface area contributed by atoms with Crippen molar-refractivity contribution in [3.05, 3.63) is 63.6 Å². The predicted octanol–water partition coefficient (Wildman–Crippen LogP) is 4.48. The second-order valence-electron chi connectivity index (χ2n) is 5.20. The first-order valence-electron chi connectivity index (χ1n) is 7.11. The number of amides is 1. The fourth-order valence-corrected chi connectivity index (χ4v) is 3.27. The highest BCUT2D eigenvalue weighted by atomic mass is 35.5. The molecule has 0 atom stereocenters. The van der Waals surface area contributed by atoms with Crippen molar-refractivity contribution >= 4 is 34.5 Å². The van der Waals surface area contributed by atoms with E-state index in [1.807, 2.05) is 17.0 Å². The molecule has 1 aromatic heterocycles. The lowest BCUT2D eigenvalue weighted by molar-refractivity contribution is -0.117. The van der Waals surface area contributed by atoms with Crippen molar-refractivity contribution < 1.29 is 9.18 Å². The summed E-state index contributed by atoms with van der Waals surface area (Å²) in [5.41, 5.74) is 1.00. The Hall–Kier alpha value is -1.69. The summed E-state index contributed by atoms with van der Waals surface area (Å²) in [5.74, 6) is -0.698. The molecule has 0 radical (unpaired) electrons. The minimum atomic E-state index is -0.432. The fourth-order valence-electron chi connectivity index (χ4n) is 2.14. The molecule has 1 aromatic carbocycles. The molecule has 0 aliphatic heterocycles. The van der Waals surface area contributed by atoms with Gasteiger partial charge in [0.15, 0.2) is 0 Å². The van der Waals surface area contributed by atoms with Crippen LogP contribution in [0.3, 0.4) is 0 Å². The molecule has 1 heterocycles. The van der Waals surface area contributed by atoms with Crippen LogP contribution in [-0.4, -0.2) is 23.9 Å². The summed E-state index contributed by atoms with van der Waals surface area (Å²) in [7, 11) is 0. The van der Waals surface area contributed by atoms with E-state index in [1.165, 1.54) is 17.4 Å². The largest absolute Gasteiger partial charge is 0.322 e. The number of carbonyl (C=O) groups is 1. The zero-order chi connectivity index (χ0) is 16.8. The second kappa shape index (κ2) is 8.24. The molecular formula is C17H18ClFN2OS. The van der Waals surface area contributed by atoms with Gasteiger partial charge in [-0.2, -0.15) is 0 Å². The number of thiophene rings is 1. The van der Waals surface area contributed by atoms with E-state index in [9.17, 15) is 9.18 Å². The van der Waals surface area contributed by atoms with Crippen molar-refractivity contribution in [1.82, 2.24) is 4.90 Å². The van der Waals surface area contributed by atoms with Gasteiger partial charge >= 0.3 is 0 Å². The lowest BCUT2D eigenvalue weighted by atomic mass is 10.2. The smallest absolute Gasteiger partial charge is 0.238 e. The number of aryl methyl sites for hydroxylation is 1. The van der Waals surface area contributed by atoms with E-state index in [2.05, 4.69) is 11.9 Å². The SMILES string of the molecule is C=CCN(CC(=O)Nc1ccc(C)cc1F)Cc1ccc(Cl)s1. The van der Waals surface area contributed by atoms with Crippen LogP contribution in [0, 0.1) is 12.7 Å². The van der Waals surface area contributed by atoms with Crippen molar-refractivity contribution in [2.75, 3.05) is 18.4 Å². The van der Waals surface area contributed by atoms with Gasteiger partial charge in [0, 0.05) is 18.0 Å². The summed E-state index contributed by atoms with van der Waals surface area (Å²) in [4.78, 5) is 15.1. The third-order valence-corrected chi connectivity index (χ3v) is 4.38. The number of nitrogens with zero attached hydrogens (tertiary/aromatic N) is 1. The van der Waals surface area contributed by atoms with E-state index in [-0.39, 0.29) is 18.1 Å². The van der Waals surface area contributed by atoms with Gasteiger partial charge in [0.05, 0.1) is 16.6 Å². The van der Waals surface area contributed by atoms with Crippen LogP contribution in [0.5, 0.6) is 0 Å². The van der Waals surface area contributed by atoms with Crippen LogP contribution in [0.25, 0.3) is 0 Å². The lowest BCUT2D eigenvalue weighted by Gasteiger charge is -2.19. The molecule has 0 saturated carbocycles. The number of hydrogen-bond acceptors (Lipinski definition) is 3. The van der Waals surface area contributed by atoms with E-state index in [1.54, 1.807) is 25.1 Å². The van der Waals surface area contributed by atoms with Crippen LogP contribution < -0.4 is 5.32 Å². The molecule has 0 aliphatic rings. The number of anilines is 1. The molecule has 0 unspecified atom stereocenters. The Morgan fingerprint density at radius 1 is 1.43 bits per heavy atom. The van der Waals surface area contributed by atoms with Gasteiger partial charge < -0.3 is 5.32 Å². The number of halogens is 2. The summed E-state index contributed by atoms with van der Waals surface area (Å²) in [6.45, 7) is 6.80. The first-order valence-corrected chi connectivity index (χ1v) is 8.31. The van der Waals surface area contributed by atoms with Crippen molar-refractivity contribution in [2.45, 2.75) is 13.5 Å². The van der Waals surface area contributed by atoms with E-state index < -0.39 is 5.82 Å². The molecule has 0 saturated heterocycles. The molecule has 23 heavy (non-hydrogen) atoms. The molecule has 1 amide bonds. The first-order chi connectivity index (χ1) is 11.0. The third-order valence-electron chi connectivity index (χ3n) is 3.16. The topological polar surface area (TPSA) is 32.3 Å². The lowest BCUT2D eigenvalue weighted by Crippen LogP contribution is -2.33. The van der Waals surface area contributed by atoms with Gasteiger partial charge in [-0.05, 0) is 36.8 Å². The van der Waals surface area contributed by atoms with Crippen molar-refractivity contribution in [3.8, 4) is 0 Å². The number of benzene rings is 1. The van der Waals surface area contributed by atoms with E-state index >= 15 is 0 Å². The molecule has 122 valence electrons. The highest BCUT2D eigenvalue weighted by Gasteiger charge is 2.13. The quantitative estimate of drug-likeness (QED) is 0.745. The summed E-state index contributed by atoms with van der Waals surface area (Å²) in [6, 6.07) is 8.48. The summed E-state index contributed by atoms with van der Waals surface area (Å²) >= 11 is 7.40. The maximum absolute atomic E-state index is 13.8. The van der Waals surface area contributed by atoms with Crippen LogP contribution in [-0.2, 0) is 11.3 Å². The average Bonchev–Trinajstić information content (AvgIpc) is 2.87. The molecule has 2 rings (SSSR count). The Morgan fingerprint density at radius 3 is 2.83 bits per heavy atom. The summed E-state index contributed by atoms with van der Waals surface area (Å²) in [6.07, 6.45) is 1.73. The number of hydrogen-bond donors (Lipinski definition) is 1. The highest BCUT2D eigenvalue weighted by Crippen LogP contribution is 2.22. The van der Waals surface area contributed by atoms with E-state index in [0.29, 0.717) is 17.4 Å². The van der Waals surface area contributed by atoms with Crippen molar-refractivity contribution in [1.29, 1.82) is 0 Å². The zero-order valence-electron chi connectivity index (χ0n) is 12.8. The summed E-state index contributed by atoms with van der Waals surface area (Å²) < 4.78 is 14.5. The van der Waals surface area contributed by atoms with Crippen LogP contribution in [0.15, 0.2) is 43.0 Å². The second-order valence-corrected chi connectivity index (χ2v) is 7.00. The number of rotatable bonds is 7. The standard InChI is InChI=1S/C17H18ClFN2OS/c1-3-8-21(10-13-5-7-16(18)23-13)11-17(22)20-15-6-4-12(2)9-14(15)19/h3-7,9H,1,8,10-11H2,2H3,(H,20,22). The Morgan fingerprint density at radius 2 is 2.22 bits per heavy atom. The molecule has 0 spiro atoms. The highest BCUT2D eigenvalue weighted by molar-refractivity contribution is 7.16. The third kappa shape index (κ3) is 5.46. The van der Waals surface area contributed by atoms with Crippen LogP contribution in [0.4, 0.5) is 10.1 Å². The van der Waals surface area contributed by atoms with Crippen LogP contribution in [0.1, 0.15) is 10.4 Å². The normalized spacial score (nSPS) is 10.8. The van der Waals surface area contributed by atoms with Gasteiger partial charge in [0.2, 0.25) is 5.91 Å². The van der Waals surface area contributed by atoms with E-state index in [0.717, 1.165) is 10.4 Å². The Bertz CT molecular complexity index is 702. The molecule has 0 aliphatic carbocycles. The zero-order valence-corrected chi connectivity index (χ0v) is 14.4. The molecule has 2 aromatic rings. The maximum atomic E-state index is 13.8. The maximum Gasteiger partial charge on any atom is 0.238 e.